The molecule has 0 aliphatic heterocycles. The molecule has 5 heteroatoms. The van der Waals surface area contributed by atoms with E-state index in [0.29, 0.717) is 10.8 Å². The van der Waals surface area contributed by atoms with Gasteiger partial charge in [0, 0.05) is 5.02 Å². The molecule has 98 valence electrons. The molecule has 1 N–H and O–H groups in total. The third-order valence-corrected chi connectivity index (χ3v) is 2.97. The lowest BCUT2D eigenvalue weighted by Crippen LogP contribution is -2.02. The van der Waals surface area contributed by atoms with Crippen molar-refractivity contribution in [1.82, 2.24) is 0 Å². The maximum absolute atomic E-state index is 13.7. The molecule has 0 fully saturated rings. The van der Waals surface area contributed by atoms with E-state index in [1.54, 1.807) is 25.1 Å². The Balaban J connectivity index is 2.42. The normalized spacial score (nSPS) is 10.3. The quantitative estimate of drug-likeness (QED) is 0.913. The maximum Gasteiger partial charge on any atom is 0.339 e. The van der Waals surface area contributed by atoms with Crippen LogP contribution in [0.3, 0.4) is 0 Å². The molecule has 2 aromatic carbocycles. The van der Waals surface area contributed by atoms with Gasteiger partial charge in [0.15, 0.2) is 11.6 Å². The number of aryl methyl sites for hydroxylation is 1. The topological polar surface area (TPSA) is 46.5 Å². The summed E-state index contributed by atoms with van der Waals surface area (Å²) >= 11 is 5.87. The van der Waals surface area contributed by atoms with E-state index in [1.165, 1.54) is 12.1 Å². The average Bonchev–Trinajstić information content (AvgIpc) is 2.36. The zero-order valence-corrected chi connectivity index (χ0v) is 10.7. The first kappa shape index (κ1) is 13.4. The largest absolute Gasteiger partial charge is 0.478 e. The van der Waals surface area contributed by atoms with E-state index < -0.39 is 11.8 Å². The second-order valence-electron chi connectivity index (χ2n) is 3.93. The lowest BCUT2D eigenvalue weighted by Gasteiger charge is -2.10. The number of para-hydroxylation sites is 1. The average molecular weight is 281 g/mol. The fraction of sp³-hybridized carbons (Fsp3) is 0.0714. The Labute approximate surface area is 114 Å². The first-order valence-corrected chi connectivity index (χ1v) is 5.82. The molecule has 0 unspecified atom stereocenters. The van der Waals surface area contributed by atoms with Crippen LogP contribution in [-0.2, 0) is 0 Å². The molecule has 0 aromatic heterocycles. The van der Waals surface area contributed by atoms with Gasteiger partial charge in [0.2, 0.25) is 0 Å². The van der Waals surface area contributed by atoms with E-state index >= 15 is 0 Å². The van der Waals surface area contributed by atoms with Gasteiger partial charge in [-0.1, -0.05) is 17.7 Å². The molecule has 2 aromatic rings. The molecule has 0 saturated carbocycles. The van der Waals surface area contributed by atoms with Crippen molar-refractivity contribution in [3.8, 4) is 11.5 Å². The Kier molecular flexibility index (Phi) is 3.71. The number of carboxylic acid groups (broad SMARTS) is 1. The first-order valence-electron chi connectivity index (χ1n) is 5.45. The second-order valence-corrected chi connectivity index (χ2v) is 4.34. The molecule has 0 amide bonds. The molecule has 0 spiro atoms. The van der Waals surface area contributed by atoms with E-state index in [4.69, 9.17) is 21.4 Å². The van der Waals surface area contributed by atoms with Crippen LogP contribution >= 0.6 is 11.6 Å². The summed E-state index contributed by atoms with van der Waals surface area (Å²) in [5.41, 5.74) is 0.528. The number of rotatable bonds is 3. The molecule has 0 atom stereocenters. The van der Waals surface area contributed by atoms with Gasteiger partial charge in [-0.05, 0) is 42.8 Å². The van der Waals surface area contributed by atoms with Gasteiger partial charge in [0.25, 0.3) is 0 Å². The van der Waals surface area contributed by atoms with Crippen LogP contribution < -0.4 is 4.74 Å². The summed E-state index contributed by atoms with van der Waals surface area (Å²) in [6.07, 6.45) is 0. The van der Waals surface area contributed by atoms with Crippen LogP contribution in [0, 0.1) is 12.7 Å². The van der Waals surface area contributed by atoms with Gasteiger partial charge in [-0.3, -0.25) is 0 Å². The minimum Gasteiger partial charge on any atom is -0.478 e. The van der Waals surface area contributed by atoms with Gasteiger partial charge < -0.3 is 9.84 Å². The van der Waals surface area contributed by atoms with Crippen molar-refractivity contribution in [3.63, 3.8) is 0 Å². The Morgan fingerprint density at radius 3 is 2.68 bits per heavy atom. The molecule has 0 aliphatic carbocycles. The lowest BCUT2D eigenvalue weighted by molar-refractivity contribution is 0.0693. The third-order valence-electron chi connectivity index (χ3n) is 2.55. The summed E-state index contributed by atoms with van der Waals surface area (Å²) in [5.74, 6) is -1.96. The third kappa shape index (κ3) is 2.85. The summed E-state index contributed by atoms with van der Waals surface area (Å²) in [6, 6.07) is 8.51. The highest BCUT2D eigenvalue weighted by Gasteiger charge is 2.16. The van der Waals surface area contributed by atoms with Crippen molar-refractivity contribution >= 4 is 17.6 Å². The predicted octanol–water partition coefficient (Wildman–Crippen LogP) is 4.28. The molecular formula is C14H10ClFO3. The lowest BCUT2D eigenvalue weighted by atomic mass is 10.2. The zero-order chi connectivity index (χ0) is 14.0. The van der Waals surface area contributed by atoms with Crippen LogP contribution in [0.25, 0.3) is 0 Å². The molecule has 0 aliphatic rings. The van der Waals surface area contributed by atoms with E-state index in [-0.39, 0.29) is 11.3 Å². The summed E-state index contributed by atoms with van der Waals surface area (Å²) in [7, 11) is 0. The summed E-state index contributed by atoms with van der Waals surface area (Å²) < 4.78 is 19.0. The number of hydrogen-bond acceptors (Lipinski definition) is 2. The summed E-state index contributed by atoms with van der Waals surface area (Å²) in [6.45, 7) is 1.77. The van der Waals surface area contributed by atoms with Crippen LogP contribution in [0.5, 0.6) is 11.5 Å². The fourth-order valence-corrected chi connectivity index (χ4v) is 1.70. The number of hydrogen-bond donors (Lipinski definition) is 1. The fourth-order valence-electron chi connectivity index (χ4n) is 1.58. The van der Waals surface area contributed by atoms with Crippen molar-refractivity contribution in [2.24, 2.45) is 0 Å². The number of aromatic carboxylic acids is 1. The Hall–Kier alpha value is -2.07. The molecule has 0 saturated heterocycles. The first-order chi connectivity index (χ1) is 8.99. The van der Waals surface area contributed by atoms with E-state index in [2.05, 4.69) is 0 Å². The van der Waals surface area contributed by atoms with Crippen LogP contribution in [0.1, 0.15) is 15.9 Å². The molecule has 0 radical (unpaired) electrons. The number of benzene rings is 2. The van der Waals surface area contributed by atoms with E-state index in [0.717, 1.165) is 11.6 Å². The summed E-state index contributed by atoms with van der Waals surface area (Å²) in [4.78, 5) is 11.0. The zero-order valence-electron chi connectivity index (χ0n) is 9.98. The molecule has 19 heavy (non-hydrogen) atoms. The van der Waals surface area contributed by atoms with Gasteiger partial charge >= 0.3 is 5.97 Å². The monoisotopic (exact) mass is 280 g/mol. The number of carbonyl (C=O) groups is 1. The van der Waals surface area contributed by atoms with Crippen molar-refractivity contribution < 1.29 is 19.0 Å². The molecular weight excluding hydrogens is 271 g/mol. The van der Waals surface area contributed by atoms with Crippen LogP contribution in [0.2, 0.25) is 5.02 Å². The van der Waals surface area contributed by atoms with Crippen molar-refractivity contribution in [2.45, 2.75) is 6.92 Å². The number of ether oxygens (including phenoxy) is 1. The van der Waals surface area contributed by atoms with Crippen LogP contribution in [0.4, 0.5) is 4.39 Å². The van der Waals surface area contributed by atoms with Gasteiger partial charge in [-0.2, -0.15) is 0 Å². The molecule has 2 rings (SSSR count). The molecule has 3 nitrogen and oxygen atoms in total. The number of halogens is 2. The van der Waals surface area contributed by atoms with Crippen molar-refractivity contribution in [2.75, 3.05) is 0 Å². The maximum atomic E-state index is 13.7. The highest BCUT2D eigenvalue weighted by molar-refractivity contribution is 6.31. The number of carboxylic acids is 1. The van der Waals surface area contributed by atoms with Crippen LogP contribution in [-0.4, -0.2) is 11.1 Å². The van der Waals surface area contributed by atoms with Gasteiger partial charge in [0.1, 0.15) is 11.3 Å². The standard InChI is InChI=1S/C14H10ClFO3/c1-8-7-9(5-6-11(8)15)19-13-10(14(17)18)3-2-4-12(13)16/h2-7H,1H3,(H,17,18). The predicted molar refractivity (Wildman–Crippen MR) is 69.6 cm³/mol. The van der Waals surface area contributed by atoms with Gasteiger partial charge in [0.05, 0.1) is 0 Å². The Morgan fingerprint density at radius 1 is 1.32 bits per heavy atom. The Bertz CT molecular complexity index is 641. The molecule has 0 heterocycles. The Morgan fingerprint density at radius 2 is 2.05 bits per heavy atom. The second kappa shape index (κ2) is 5.28. The summed E-state index contributed by atoms with van der Waals surface area (Å²) in [5, 5.41) is 9.55. The van der Waals surface area contributed by atoms with Gasteiger partial charge in [-0.15, -0.1) is 0 Å². The highest BCUT2D eigenvalue weighted by Crippen LogP contribution is 2.30. The van der Waals surface area contributed by atoms with E-state index in [9.17, 15) is 9.18 Å². The van der Waals surface area contributed by atoms with Crippen LogP contribution in [0.15, 0.2) is 36.4 Å². The van der Waals surface area contributed by atoms with Crippen molar-refractivity contribution in [1.29, 1.82) is 0 Å². The minimum absolute atomic E-state index is 0.229. The minimum atomic E-state index is -1.25. The van der Waals surface area contributed by atoms with Crippen molar-refractivity contribution in [3.05, 3.63) is 58.4 Å². The SMILES string of the molecule is Cc1cc(Oc2c(F)cccc2C(=O)O)ccc1Cl. The smallest absolute Gasteiger partial charge is 0.339 e. The van der Waals surface area contributed by atoms with Gasteiger partial charge in [-0.25, -0.2) is 9.18 Å². The highest BCUT2D eigenvalue weighted by atomic mass is 35.5. The molecule has 0 bridgehead atoms. The van der Waals surface area contributed by atoms with E-state index in [1.807, 2.05) is 0 Å².